The van der Waals surface area contributed by atoms with Crippen LogP contribution in [0.3, 0.4) is 0 Å². The van der Waals surface area contributed by atoms with Crippen molar-refractivity contribution in [1.29, 1.82) is 0 Å². The Morgan fingerprint density at radius 3 is 2.64 bits per heavy atom. The third kappa shape index (κ3) is 7.97. The Kier molecular flexibility index (Phi) is 8.51. The molecule has 0 radical (unpaired) electrons. The molecule has 0 heterocycles. The van der Waals surface area contributed by atoms with Crippen molar-refractivity contribution in [3.05, 3.63) is 0 Å². The van der Waals surface area contributed by atoms with Crippen LogP contribution in [0.25, 0.3) is 0 Å². The first-order chi connectivity index (χ1) is 6.70. The van der Waals surface area contributed by atoms with Crippen molar-refractivity contribution in [3.8, 4) is 0 Å². The normalized spacial score (nSPS) is 10.6. The number of hydrazine groups is 1. The van der Waals surface area contributed by atoms with E-state index in [1.54, 1.807) is 7.11 Å². The lowest BCUT2D eigenvalue weighted by Crippen LogP contribution is -2.31. The van der Waals surface area contributed by atoms with E-state index in [2.05, 4.69) is 10.3 Å². The second kappa shape index (κ2) is 8.93. The van der Waals surface area contributed by atoms with Crippen LogP contribution in [-0.4, -0.2) is 44.7 Å². The van der Waals surface area contributed by atoms with Crippen molar-refractivity contribution in [3.63, 3.8) is 0 Å². The molecule has 0 spiro atoms. The maximum Gasteiger partial charge on any atom is 0.233 e. The third-order valence-corrected chi connectivity index (χ3v) is 1.99. The molecule has 14 heavy (non-hydrogen) atoms. The first-order valence-corrected chi connectivity index (χ1v) is 4.87. The highest BCUT2D eigenvalue weighted by atomic mass is 16.5. The molecule has 0 bridgehead atoms. The van der Waals surface area contributed by atoms with E-state index in [-0.39, 0.29) is 5.91 Å². The van der Waals surface area contributed by atoms with Crippen LogP contribution in [0, 0.1) is 0 Å². The molecule has 0 aromatic rings. The molecule has 0 aliphatic rings. The van der Waals surface area contributed by atoms with Gasteiger partial charge in [0.15, 0.2) is 0 Å². The van der Waals surface area contributed by atoms with Crippen LogP contribution in [0.5, 0.6) is 0 Å². The summed E-state index contributed by atoms with van der Waals surface area (Å²) in [5, 5.41) is 0. The Balaban J connectivity index is 3.26. The monoisotopic (exact) mass is 203 g/mol. The van der Waals surface area contributed by atoms with Crippen LogP contribution < -0.4 is 11.3 Å². The molecular formula is C9H21N3O2. The van der Waals surface area contributed by atoms with Gasteiger partial charge in [-0.15, -0.1) is 0 Å². The summed E-state index contributed by atoms with van der Waals surface area (Å²) >= 11 is 0. The lowest BCUT2D eigenvalue weighted by Gasteiger charge is -2.15. The van der Waals surface area contributed by atoms with Gasteiger partial charge in [-0.2, -0.15) is 0 Å². The van der Waals surface area contributed by atoms with Crippen molar-refractivity contribution in [2.45, 2.75) is 19.3 Å². The number of hydrogen-bond acceptors (Lipinski definition) is 4. The van der Waals surface area contributed by atoms with E-state index in [0.29, 0.717) is 6.42 Å². The zero-order valence-corrected chi connectivity index (χ0v) is 9.08. The Labute approximate surface area is 85.6 Å². The van der Waals surface area contributed by atoms with Gasteiger partial charge < -0.3 is 9.64 Å². The van der Waals surface area contributed by atoms with Crippen molar-refractivity contribution >= 4 is 5.91 Å². The number of nitrogens with zero attached hydrogens (tertiary/aromatic N) is 1. The molecule has 0 atom stereocenters. The van der Waals surface area contributed by atoms with Crippen molar-refractivity contribution in [2.75, 3.05) is 33.9 Å². The van der Waals surface area contributed by atoms with E-state index in [9.17, 15) is 4.79 Å². The summed E-state index contributed by atoms with van der Waals surface area (Å²) in [4.78, 5) is 13.0. The molecule has 0 rings (SSSR count). The minimum Gasteiger partial charge on any atom is -0.385 e. The molecule has 0 aromatic carbocycles. The van der Waals surface area contributed by atoms with Crippen LogP contribution in [0.2, 0.25) is 0 Å². The number of rotatable bonds is 8. The summed E-state index contributed by atoms with van der Waals surface area (Å²) in [7, 11) is 3.74. The number of nitrogens with one attached hydrogen (secondary N) is 1. The van der Waals surface area contributed by atoms with Gasteiger partial charge in [0, 0.05) is 26.7 Å². The van der Waals surface area contributed by atoms with Gasteiger partial charge in [0.05, 0.1) is 0 Å². The smallest absolute Gasteiger partial charge is 0.233 e. The van der Waals surface area contributed by atoms with Gasteiger partial charge in [-0.3, -0.25) is 10.2 Å². The van der Waals surface area contributed by atoms with Gasteiger partial charge in [-0.25, -0.2) is 5.84 Å². The van der Waals surface area contributed by atoms with E-state index < -0.39 is 0 Å². The Bertz CT molecular complexity index is 153. The zero-order chi connectivity index (χ0) is 10.8. The highest BCUT2D eigenvalue weighted by molar-refractivity contribution is 5.75. The van der Waals surface area contributed by atoms with Crippen LogP contribution in [0.4, 0.5) is 0 Å². The van der Waals surface area contributed by atoms with Gasteiger partial charge in [-0.1, -0.05) is 0 Å². The van der Waals surface area contributed by atoms with E-state index in [0.717, 1.165) is 32.5 Å². The summed E-state index contributed by atoms with van der Waals surface area (Å²) in [5.41, 5.74) is 2.11. The summed E-state index contributed by atoms with van der Waals surface area (Å²) in [5.74, 6) is 4.86. The van der Waals surface area contributed by atoms with Crippen LogP contribution in [-0.2, 0) is 9.53 Å². The van der Waals surface area contributed by atoms with Crippen molar-refractivity contribution < 1.29 is 9.53 Å². The molecule has 3 N–H and O–H groups in total. The molecule has 0 saturated carbocycles. The molecule has 0 unspecified atom stereocenters. The zero-order valence-electron chi connectivity index (χ0n) is 9.08. The number of amides is 1. The first kappa shape index (κ1) is 13.4. The molecule has 0 fully saturated rings. The fourth-order valence-corrected chi connectivity index (χ4v) is 1.17. The van der Waals surface area contributed by atoms with Gasteiger partial charge in [-0.05, 0) is 26.4 Å². The van der Waals surface area contributed by atoms with Crippen molar-refractivity contribution in [2.24, 2.45) is 5.84 Å². The van der Waals surface area contributed by atoms with Crippen LogP contribution >= 0.6 is 0 Å². The van der Waals surface area contributed by atoms with Crippen molar-refractivity contribution in [1.82, 2.24) is 10.3 Å². The molecule has 5 nitrogen and oxygen atoms in total. The lowest BCUT2D eigenvalue weighted by atomic mass is 10.3. The highest BCUT2D eigenvalue weighted by Crippen LogP contribution is 1.94. The number of ether oxygens (including phenoxy) is 1. The Morgan fingerprint density at radius 2 is 2.07 bits per heavy atom. The molecular weight excluding hydrogens is 182 g/mol. The maximum atomic E-state index is 10.8. The summed E-state index contributed by atoms with van der Waals surface area (Å²) in [6, 6.07) is 0. The summed E-state index contributed by atoms with van der Waals surface area (Å²) in [6.45, 7) is 2.70. The van der Waals surface area contributed by atoms with Crippen LogP contribution in [0.1, 0.15) is 19.3 Å². The third-order valence-electron chi connectivity index (χ3n) is 1.99. The number of carbonyl (C=O) groups excluding carboxylic acids is 1. The van der Waals surface area contributed by atoms with E-state index >= 15 is 0 Å². The summed E-state index contributed by atoms with van der Waals surface area (Å²) in [6.07, 6.45) is 2.35. The second-order valence-electron chi connectivity index (χ2n) is 3.32. The standard InChI is InChI=1S/C9H21N3O2/c1-12(7-4-8-14-2)6-3-5-9(13)11-10/h3-8,10H2,1-2H3,(H,11,13). The number of carbonyl (C=O) groups is 1. The summed E-state index contributed by atoms with van der Waals surface area (Å²) < 4.78 is 4.95. The van der Waals surface area contributed by atoms with E-state index in [1.807, 2.05) is 7.05 Å². The second-order valence-corrected chi connectivity index (χ2v) is 3.32. The predicted octanol–water partition coefficient (Wildman–Crippen LogP) is -0.275. The lowest BCUT2D eigenvalue weighted by molar-refractivity contribution is -0.121. The molecule has 5 heteroatoms. The topological polar surface area (TPSA) is 67.6 Å². The molecule has 0 saturated heterocycles. The minimum atomic E-state index is -0.102. The molecule has 0 aliphatic heterocycles. The fourth-order valence-electron chi connectivity index (χ4n) is 1.17. The van der Waals surface area contributed by atoms with Crippen LogP contribution in [0.15, 0.2) is 0 Å². The van der Waals surface area contributed by atoms with Gasteiger partial charge in [0.1, 0.15) is 0 Å². The highest BCUT2D eigenvalue weighted by Gasteiger charge is 2.01. The number of hydrogen-bond donors (Lipinski definition) is 2. The largest absolute Gasteiger partial charge is 0.385 e. The van der Waals surface area contributed by atoms with E-state index in [4.69, 9.17) is 10.6 Å². The average Bonchev–Trinajstić information content (AvgIpc) is 2.18. The Morgan fingerprint density at radius 1 is 1.43 bits per heavy atom. The maximum absolute atomic E-state index is 10.8. The number of nitrogens with two attached hydrogens (primary N) is 1. The SMILES string of the molecule is COCCCN(C)CCCC(=O)NN. The van der Waals surface area contributed by atoms with E-state index in [1.165, 1.54) is 0 Å². The van der Waals surface area contributed by atoms with Gasteiger partial charge in [0.25, 0.3) is 0 Å². The first-order valence-electron chi connectivity index (χ1n) is 4.87. The predicted molar refractivity (Wildman–Crippen MR) is 55.6 cm³/mol. The minimum absolute atomic E-state index is 0.102. The molecule has 1 amide bonds. The Hall–Kier alpha value is -0.650. The molecule has 84 valence electrons. The van der Waals surface area contributed by atoms with Gasteiger partial charge >= 0.3 is 0 Å². The molecule has 0 aromatic heterocycles. The quantitative estimate of drug-likeness (QED) is 0.246. The fraction of sp³-hybridized carbons (Fsp3) is 0.889. The molecule has 0 aliphatic carbocycles. The average molecular weight is 203 g/mol. The number of methoxy groups -OCH3 is 1. The van der Waals surface area contributed by atoms with Gasteiger partial charge in [0.2, 0.25) is 5.91 Å².